The zero-order chi connectivity index (χ0) is 27.4. The highest BCUT2D eigenvalue weighted by Gasteiger charge is 2.36. The normalized spacial score (nSPS) is 18.7. The van der Waals surface area contributed by atoms with Crippen molar-refractivity contribution in [2.45, 2.75) is 64.5 Å². The van der Waals surface area contributed by atoms with Gasteiger partial charge in [0, 0.05) is 37.9 Å². The molecule has 0 bridgehead atoms. The summed E-state index contributed by atoms with van der Waals surface area (Å²) in [5, 5.41) is 0.801. The van der Waals surface area contributed by atoms with Crippen LogP contribution in [0.2, 0.25) is 0 Å². The summed E-state index contributed by atoms with van der Waals surface area (Å²) in [6.07, 6.45) is -0.191. The molecule has 1 atom stereocenters. The quantitative estimate of drug-likeness (QED) is 0.395. The van der Waals surface area contributed by atoms with Gasteiger partial charge in [-0.1, -0.05) is 0 Å². The molecule has 1 saturated heterocycles. The van der Waals surface area contributed by atoms with Gasteiger partial charge in [0.15, 0.2) is 11.6 Å². The smallest absolute Gasteiger partial charge is 0.444 e. The molecule has 3 aromatic rings. The van der Waals surface area contributed by atoms with Crippen molar-refractivity contribution in [3.05, 3.63) is 42.1 Å². The third kappa shape index (κ3) is 5.34. The Morgan fingerprint density at radius 3 is 2.47 bits per heavy atom. The second-order valence-corrected chi connectivity index (χ2v) is 10.8. The van der Waals surface area contributed by atoms with E-state index >= 15 is 0 Å². The van der Waals surface area contributed by atoms with Crippen molar-refractivity contribution in [2.75, 3.05) is 24.5 Å². The standard InChI is InChI=1S/C26H29F4N5O3/c1-15-12-33(24(36)38-25(2,3)4)9-10-34(15)22-21-18(16-5-6-16)13-35(23(21)32-14-31-22)17-7-8-19(27)20(11-17)37-26(28,29)30/h7-8,11,13-16H,5-6,9-10,12H2,1-4H3. The number of carbonyl (C=O) groups excluding carboxylic acids is 1. The van der Waals surface area contributed by atoms with Gasteiger partial charge in [0.1, 0.15) is 23.4 Å². The highest BCUT2D eigenvalue weighted by atomic mass is 19.4. The number of ether oxygens (including phenoxy) is 2. The van der Waals surface area contributed by atoms with E-state index in [1.807, 2.05) is 33.9 Å². The first-order valence-electron chi connectivity index (χ1n) is 12.5. The van der Waals surface area contributed by atoms with Crippen LogP contribution < -0.4 is 9.64 Å². The SMILES string of the molecule is CC1CN(C(=O)OC(C)(C)C)CCN1c1ncnc2c1c(C1CC1)cn2-c1ccc(F)c(OC(F)(F)F)c1. The number of carbonyl (C=O) groups is 1. The van der Waals surface area contributed by atoms with E-state index in [-0.39, 0.29) is 23.7 Å². The molecular weight excluding hydrogens is 506 g/mol. The van der Waals surface area contributed by atoms with Crippen LogP contribution >= 0.6 is 0 Å². The number of rotatable bonds is 4. The van der Waals surface area contributed by atoms with Crippen LogP contribution in [0, 0.1) is 5.82 Å². The molecule has 1 saturated carbocycles. The van der Waals surface area contributed by atoms with Gasteiger partial charge in [-0.15, -0.1) is 13.2 Å². The molecule has 5 rings (SSSR count). The molecule has 38 heavy (non-hydrogen) atoms. The largest absolute Gasteiger partial charge is 0.573 e. The van der Waals surface area contributed by atoms with E-state index in [2.05, 4.69) is 19.6 Å². The molecule has 1 amide bonds. The first-order chi connectivity index (χ1) is 17.8. The van der Waals surface area contributed by atoms with E-state index in [0.29, 0.717) is 31.1 Å². The van der Waals surface area contributed by atoms with Crippen LogP contribution in [0.15, 0.2) is 30.7 Å². The molecule has 2 aliphatic rings. The summed E-state index contributed by atoms with van der Waals surface area (Å²) in [7, 11) is 0. The van der Waals surface area contributed by atoms with Crippen LogP contribution in [0.1, 0.15) is 52.0 Å². The van der Waals surface area contributed by atoms with Crippen molar-refractivity contribution in [1.82, 2.24) is 19.4 Å². The van der Waals surface area contributed by atoms with Gasteiger partial charge in [-0.05, 0) is 64.2 Å². The van der Waals surface area contributed by atoms with Crippen molar-refractivity contribution < 1.29 is 31.8 Å². The van der Waals surface area contributed by atoms with Gasteiger partial charge in [0.05, 0.1) is 11.1 Å². The number of halogens is 4. The number of fused-ring (bicyclic) bond motifs is 1. The lowest BCUT2D eigenvalue weighted by Gasteiger charge is -2.41. The van der Waals surface area contributed by atoms with Crippen molar-refractivity contribution in [2.24, 2.45) is 0 Å². The predicted octanol–water partition coefficient (Wildman–Crippen LogP) is 5.78. The number of hydrogen-bond donors (Lipinski definition) is 0. The fourth-order valence-electron chi connectivity index (χ4n) is 4.80. The Morgan fingerprint density at radius 2 is 1.84 bits per heavy atom. The Balaban J connectivity index is 1.51. The number of aromatic nitrogens is 3. The van der Waals surface area contributed by atoms with Crippen LogP contribution in [0.3, 0.4) is 0 Å². The third-order valence-electron chi connectivity index (χ3n) is 6.58. The lowest BCUT2D eigenvalue weighted by Crippen LogP contribution is -2.54. The maximum Gasteiger partial charge on any atom is 0.573 e. The zero-order valence-corrected chi connectivity index (χ0v) is 21.5. The highest BCUT2D eigenvalue weighted by Crippen LogP contribution is 2.46. The molecule has 1 aliphatic heterocycles. The molecule has 0 radical (unpaired) electrons. The topological polar surface area (TPSA) is 72.7 Å². The van der Waals surface area contributed by atoms with Crippen LogP contribution in [-0.2, 0) is 4.74 Å². The van der Waals surface area contributed by atoms with Gasteiger partial charge in [-0.2, -0.15) is 0 Å². The second kappa shape index (κ2) is 9.32. The zero-order valence-electron chi connectivity index (χ0n) is 21.5. The Hall–Kier alpha value is -3.57. The Kier molecular flexibility index (Phi) is 6.39. The minimum Gasteiger partial charge on any atom is -0.444 e. The van der Waals surface area contributed by atoms with Crippen LogP contribution in [0.25, 0.3) is 16.7 Å². The summed E-state index contributed by atoms with van der Waals surface area (Å²) in [6, 6.07) is 3.27. The first-order valence-corrected chi connectivity index (χ1v) is 12.5. The Bertz CT molecular complexity index is 1360. The Labute approximate surface area is 217 Å². The minimum atomic E-state index is -5.02. The molecule has 2 aromatic heterocycles. The summed E-state index contributed by atoms with van der Waals surface area (Å²) >= 11 is 0. The van der Waals surface area contributed by atoms with E-state index < -0.39 is 23.5 Å². The monoisotopic (exact) mass is 535 g/mol. The molecule has 0 spiro atoms. The first kappa shape index (κ1) is 26.1. The molecule has 12 heteroatoms. The van der Waals surface area contributed by atoms with Gasteiger partial charge in [-0.25, -0.2) is 19.2 Å². The average Bonchev–Trinajstić information content (AvgIpc) is 3.58. The molecule has 204 valence electrons. The third-order valence-corrected chi connectivity index (χ3v) is 6.58. The van der Waals surface area contributed by atoms with Crippen LogP contribution in [0.5, 0.6) is 5.75 Å². The molecule has 0 N–H and O–H groups in total. The lowest BCUT2D eigenvalue weighted by atomic mass is 10.1. The Morgan fingerprint density at radius 1 is 1.11 bits per heavy atom. The van der Waals surface area contributed by atoms with Crippen LogP contribution in [0.4, 0.5) is 28.2 Å². The number of hydrogen-bond acceptors (Lipinski definition) is 6. The van der Waals surface area contributed by atoms with Gasteiger partial charge >= 0.3 is 12.5 Å². The van der Waals surface area contributed by atoms with Gasteiger partial charge < -0.3 is 23.8 Å². The van der Waals surface area contributed by atoms with Crippen molar-refractivity contribution in [3.63, 3.8) is 0 Å². The summed E-state index contributed by atoms with van der Waals surface area (Å²) < 4.78 is 63.7. The number of nitrogens with zero attached hydrogens (tertiary/aromatic N) is 5. The van der Waals surface area contributed by atoms with Crippen molar-refractivity contribution in [1.29, 1.82) is 0 Å². The van der Waals surface area contributed by atoms with E-state index in [4.69, 9.17) is 4.74 Å². The number of amides is 1. The van der Waals surface area contributed by atoms with E-state index in [9.17, 15) is 22.4 Å². The van der Waals surface area contributed by atoms with E-state index in [1.165, 1.54) is 12.4 Å². The van der Waals surface area contributed by atoms with Crippen LogP contribution in [-0.4, -0.2) is 63.2 Å². The number of benzene rings is 1. The number of anilines is 1. The van der Waals surface area contributed by atoms with Gasteiger partial charge in [0.2, 0.25) is 0 Å². The summed E-state index contributed by atoms with van der Waals surface area (Å²) in [5.74, 6) is -1.06. The molecule has 3 heterocycles. The summed E-state index contributed by atoms with van der Waals surface area (Å²) in [6.45, 7) is 8.87. The van der Waals surface area contributed by atoms with Crippen molar-refractivity contribution >= 4 is 22.9 Å². The van der Waals surface area contributed by atoms with Gasteiger partial charge in [-0.3, -0.25) is 0 Å². The average molecular weight is 536 g/mol. The van der Waals surface area contributed by atoms with Crippen molar-refractivity contribution in [3.8, 4) is 11.4 Å². The van der Waals surface area contributed by atoms with E-state index in [1.54, 1.807) is 9.47 Å². The fourth-order valence-corrected chi connectivity index (χ4v) is 4.80. The summed E-state index contributed by atoms with van der Waals surface area (Å²) in [4.78, 5) is 25.5. The predicted molar refractivity (Wildman–Crippen MR) is 132 cm³/mol. The molecule has 1 aliphatic carbocycles. The fraction of sp³-hybridized carbons (Fsp3) is 0.500. The molecular formula is C26H29F4N5O3. The maximum absolute atomic E-state index is 14.1. The number of piperazine rings is 1. The molecule has 2 fully saturated rings. The van der Waals surface area contributed by atoms with E-state index in [0.717, 1.165) is 35.9 Å². The molecule has 1 aromatic carbocycles. The van der Waals surface area contributed by atoms with Gasteiger partial charge in [0.25, 0.3) is 0 Å². The summed E-state index contributed by atoms with van der Waals surface area (Å²) in [5.41, 5.74) is 1.18. The lowest BCUT2D eigenvalue weighted by molar-refractivity contribution is -0.275. The maximum atomic E-state index is 14.1. The minimum absolute atomic E-state index is 0.0811. The highest BCUT2D eigenvalue weighted by molar-refractivity contribution is 5.93. The molecule has 1 unspecified atom stereocenters. The molecule has 8 nitrogen and oxygen atoms in total. The number of alkyl halides is 3. The second-order valence-electron chi connectivity index (χ2n) is 10.8.